The monoisotopic (exact) mass is 285 g/mol. The van der Waals surface area contributed by atoms with Crippen LogP contribution in [-0.4, -0.2) is 15.3 Å². The summed E-state index contributed by atoms with van der Waals surface area (Å²) in [6.45, 7) is 1.70. The van der Waals surface area contributed by atoms with Crippen LogP contribution in [-0.2, 0) is 0 Å². The molecule has 1 N–H and O–H groups in total. The van der Waals surface area contributed by atoms with Gasteiger partial charge in [0, 0.05) is 23.6 Å². The first kappa shape index (κ1) is 12.6. The molecule has 20 heavy (non-hydrogen) atoms. The van der Waals surface area contributed by atoms with E-state index < -0.39 is 0 Å². The van der Waals surface area contributed by atoms with E-state index in [0.29, 0.717) is 21.1 Å². The number of carbonyl (C=O) groups excluding carboxylic acids is 1. The molecule has 3 aromatic rings. The van der Waals surface area contributed by atoms with E-state index in [1.807, 2.05) is 18.2 Å². The van der Waals surface area contributed by atoms with Crippen LogP contribution in [0.5, 0.6) is 0 Å². The van der Waals surface area contributed by atoms with Crippen molar-refractivity contribution in [2.24, 2.45) is 0 Å². The van der Waals surface area contributed by atoms with Gasteiger partial charge in [-0.25, -0.2) is 4.98 Å². The van der Waals surface area contributed by atoms with E-state index in [9.17, 15) is 9.59 Å². The summed E-state index contributed by atoms with van der Waals surface area (Å²) >= 11 is 1.19. The predicted molar refractivity (Wildman–Crippen MR) is 78.5 cm³/mol. The molecule has 6 heteroatoms. The van der Waals surface area contributed by atoms with Crippen molar-refractivity contribution in [3.05, 3.63) is 63.5 Å². The summed E-state index contributed by atoms with van der Waals surface area (Å²) < 4.78 is 1.40. The smallest absolute Gasteiger partial charge is 0.267 e. The molecular weight excluding hydrogens is 274 g/mol. The number of amides is 1. The highest BCUT2D eigenvalue weighted by Gasteiger charge is 2.12. The Morgan fingerprint density at radius 1 is 1.30 bits per heavy atom. The van der Waals surface area contributed by atoms with Gasteiger partial charge in [-0.05, 0) is 19.1 Å². The number of fused-ring (bicyclic) bond motifs is 1. The number of para-hydroxylation sites is 1. The molecule has 1 amide bonds. The maximum atomic E-state index is 12.1. The number of benzene rings is 1. The Morgan fingerprint density at radius 2 is 2.05 bits per heavy atom. The minimum atomic E-state index is -0.247. The molecule has 0 aliphatic rings. The van der Waals surface area contributed by atoms with Gasteiger partial charge in [0.05, 0.1) is 0 Å². The highest BCUT2D eigenvalue weighted by Crippen LogP contribution is 2.16. The maximum Gasteiger partial charge on any atom is 0.267 e. The third-order valence-corrected chi connectivity index (χ3v) is 3.83. The van der Waals surface area contributed by atoms with E-state index >= 15 is 0 Å². The van der Waals surface area contributed by atoms with Crippen molar-refractivity contribution in [3.63, 3.8) is 0 Å². The Morgan fingerprint density at radius 3 is 2.80 bits per heavy atom. The van der Waals surface area contributed by atoms with E-state index in [1.165, 1.54) is 28.1 Å². The van der Waals surface area contributed by atoms with E-state index in [1.54, 1.807) is 19.1 Å². The van der Waals surface area contributed by atoms with Crippen molar-refractivity contribution in [3.8, 4) is 0 Å². The van der Waals surface area contributed by atoms with E-state index in [-0.39, 0.29) is 11.5 Å². The van der Waals surface area contributed by atoms with Crippen LogP contribution in [0.1, 0.15) is 15.2 Å². The first-order valence-corrected chi connectivity index (χ1v) is 6.81. The predicted octanol–water partition coefficient (Wildman–Crippen LogP) is 2.32. The van der Waals surface area contributed by atoms with E-state index in [4.69, 9.17) is 0 Å². The lowest BCUT2D eigenvalue weighted by molar-refractivity contribution is 0.103. The molecule has 0 radical (unpaired) electrons. The van der Waals surface area contributed by atoms with Crippen LogP contribution < -0.4 is 10.9 Å². The van der Waals surface area contributed by atoms with Gasteiger partial charge in [-0.15, -0.1) is 0 Å². The molecule has 5 nitrogen and oxygen atoms in total. The van der Waals surface area contributed by atoms with Crippen molar-refractivity contribution < 1.29 is 4.79 Å². The zero-order chi connectivity index (χ0) is 14.1. The van der Waals surface area contributed by atoms with Crippen LogP contribution in [0.3, 0.4) is 0 Å². The largest absolute Gasteiger partial charge is 0.321 e. The Kier molecular flexibility index (Phi) is 3.08. The number of rotatable bonds is 2. The van der Waals surface area contributed by atoms with Crippen LogP contribution in [0.25, 0.3) is 4.96 Å². The molecule has 3 rings (SSSR count). The second kappa shape index (κ2) is 4.90. The first-order valence-electron chi connectivity index (χ1n) is 5.99. The molecule has 0 bridgehead atoms. The van der Waals surface area contributed by atoms with Gasteiger partial charge in [-0.3, -0.25) is 14.0 Å². The molecule has 1 aromatic carbocycles. The van der Waals surface area contributed by atoms with Crippen molar-refractivity contribution in [2.45, 2.75) is 6.92 Å². The zero-order valence-corrected chi connectivity index (χ0v) is 11.5. The SMILES string of the molecule is Cc1cnc2sc(C(=O)Nc3ccccc3)cn2c1=O. The molecule has 2 aromatic heterocycles. The molecule has 100 valence electrons. The zero-order valence-electron chi connectivity index (χ0n) is 10.7. The van der Waals surface area contributed by atoms with E-state index in [2.05, 4.69) is 10.3 Å². The molecule has 0 fully saturated rings. The molecule has 0 spiro atoms. The quantitative estimate of drug-likeness (QED) is 0.786. The van der Waals surface area contributed by atoms with Crippen molar-refractivity contribution in [1.82, 2.24) is 9.38 Å². The molecule has 0 atom stereocenters. The minimum Gasteiger partial charge on any atom is -0.321 e. The number of thiazole rings is 1. The fourth-order valence-corrected chi connectivity index (χ4v) is 2.63. The van der Waals surface area contributed by atoms with Crippen LogP contribution in [0.2, 0.25) is 0 Å². The Balaban J connectivity index is 1.97. The Hall–Kier alpha value is -2.47. The average Bonchev–Trinajstić information content (AvgIpc) is 2.89. The number of hydrogen-bond donors (Lipinski definition) is 1. The number of aromatic nitrogens is 2. The summed E-state index contributed by atoms with van der Waals surface area (Å²) in [7, 11) is 0. The van der Waals surface area contributed by atoms with Gasteiger partial charge in [0.25, 0.3) is 11.5 Å². The minimum absolute atomic E-state index is 0.148. The summed E-state index contributed by atoms with van der Waals surface area (Å²) in [5.74, 6) is -0.247. The first-order chi connectivity index (χ1) is 9.65. The third-order valence-electron chi connectivity index (χ3n) is 2.83. The van der Waals surface area contributed by atoms with Crippen LogP contribution in [0, 0.1) is 6.92 Å². The summed E-state index contributed by atoms with van der Waals surface area (Å²) in [6.07, 6.45) is 3.05. The summed E-state index contributed by atoms with van der Waals surface area (Å²) in [4.78, 5) is 29.2. The van der Waals surface area contributed by atoms with Gasteiger partial charge in [0.1, 0.15) is 4.88 Å². The number of anilines is 1. The van der Waals surface area contributed by atoms with Crippen molar-refractivity contribution in [2.75, 3.05) is 5.32 Å². The highest BCUT2D eigenvalue weighted by molar-refractivity contribution is 7.18. The van der Waals surface area contributed by atoms with Crippen LogP contribution in [0.15, 0.2) is 47.5 Å². The van der Waals surface area contributed by atoms with Crippen LogP contribution >= 0.6 is 11.3 Å². The highest BCUT2D eigenvalue weighted by atomic mass is 32.1. The second-order valence-corrected chi connectivity index (χ2v) is 5.32. The van der Waals surface area contributed by atoms with Crippen LogP contribution in [0.4, 0.5) is 5.69 Å². The molecule has 0 saturated carbocycles. The Bertz CT molecular complexity index is 836. The summed E-state index contributed by atoms with van der Waals surface area (Å²) in [5.41, 5.74) is 1.12. The standard InChI is InChI=1S/C14H11N3O2S/c1-9-7-15-14-17(13(9)19)8-11(20-14)12(18)16-10-5-3-2-4-6-10/h2-8H,1H3,(H,16,18). The normalized spacial score (nSPS) is 10.7. The van der Waals surface area contributed by atoms with Gasteiger partial charge in [0.2, 0.25) is 0 Å². The van der Waals surface area contributed by atoms with Gasteiger partial charge in [0.15, 0.2) is 4.96 Å². The molecule has 0 aliphatic carbocycles. The second-order valence-electron chi connectivity index (χ2n) is 4.31. The number of carbonyl (C=O) groups is 1. The lowest BCUT2D eigenvalue weighted by Crippen LogP contribution is -2.15. The number of aryl methyl sites for hydroxylation is 1. The van der Waals surface area contributed by atoms with E-state index in [0.717, 1.165) is 0 Å². The fraction of sp³-hybridized carbons (Fsp3) is 0.0714. The molecule has 0 saturated heterocycles. The number of hydrogen-bond acceptors (Lipinski definition) is 4. The van der Waals surface area contributed by atoms with Crippen molar-refractivity contribution in [1.29, 1.82) is 0 Å². The molecule has 0 unspecified atom stereocenters. The summed E-state index contributed by atoms with van der Waals surface area (Å²) in [5, 5.41) is 2.78. The van der Waals surface area contributed by atoms with Gasteiger partial charge in [-0.1, -0.05) is 29.5 Å². The molecular formula is C14H11N3O2S. The molecule has 2 heterocycles. The fourth-order valence-electron chi connectivity index (χ4n) is 1.80. The number of nitrogens with one attached hydrogen (secondary N) is 1. The lowest BCUT2D eigenvalue weighted by Gasteiger charge is -2.01. The topological polar surface area (TPSA) is 63.5 Å². The maximum absolute atomic E-state index is 12.1. The third kappa shape index (κ3) is 2.21. The van der Waals surface area contributed by atoms with Gasteiger partial charge in [-0.2, -0.15) is 0 Å². The number of nitrogens with zero attached hydrogens (tertiary/aromatic N) is 2. The molecule has 0 aliphatic heterocycles. The lowest BCUT2D eigenvalue weighted by atomic mass is 10.3. The average molecular weight is 285 g/mol. The summed E-state index contributed by atoms with van der Waals surface area (Å²) in [6, 6.07) is 9.17. The van der Waals surface area contributed by atoms with Crippen molar-refractivity contribution >= 4 is 27.9 Å². The van der Waals surface area contributed by atoms with Gasteiger partial charge >= 0.3 is 0 Å². The van der Waals surface area contributed by atoms with Gasteiger partial charge < -0.3 is 5.32 Å². The Labute approximate surface area is 118 Å².